The molecule has 0 aliphatic carbocycles. The highest BCUT2D eigenvalue weighted by Gasteiger charge is 2.24. The van der Waals surface area contributed by atoms with Crippen molar-refractivity contribution in [3.63, 3.8) is 0 Å². The monoisotopic (exact) mass is 326 g/mol. The Morgan fingerprint density at radius 3 is 2.76 bits per heavy atom. The lowest BCUT2D eigenvalue weighted by Gasteiger charge is -2.23. The number of benzene rings is 1. The van der Waals surface area contributed by atoms with Crippen LogP contribution in [0.3, 0.4) is 0 Å². The van der Waals surface area contributed by atoms with Gasteiger partial charge >= 0.3 is 5.69 Å². The Morgan fingerprint density at radius 2 is 2.14 bits per heavy atom. The van der Waals surface area contributed by atoms with E-state index in [0.717, 1.165) is 12.0 Å². The molecular weight excluding hydrogens is 308 g/mol. The third-order valence-corrected chi connectivity index (χ3v) is 5.07. The standard InChI is InChI=1S/C14H19ClN4OS/c1-3-11(16)12(9-7-5-6-8-10(9)15)21-14-18-17-13(20)19(14)4-2/h5-8,11-12H,3-4,16H2,1-2H3,(H,17,20). The van der Waals surface area contributed by atoms with Crippen LogP contribution in [0.4, 0.5) is 0 Å². The highest BCUT2D eigenvalue weighted by atomic mass is 35.5. The molecule has 0 amide bonds. The summed E-state index contributed by atoms with van der Waals surface area (Å²) in [6.07, 6.45) is 0.809. The van der Waals surface area contributed by atoms with Crippen LogP contribution >= 0.6 is 23.4 Å². The number of rotatable bonds is 6. The van der Waals surface area contributed by atoms with Gasteiger partial charge in [-0.25, -0.2) is 9.89 Å². The van der Waals surface area contributed by atoms with Crippen LogP contribution < -0.4 is 11.4 Å². The Morgan fingerprint density at radius 1 is 1.43 bits per heavy atom. The molecule has 0 radical (unpaired) electrons. The molecule has 0 aliphatic heterocycles. The van der Waals surface area contributed by atoms with Gasteiger partial charge in [-0.1, -0.05) is 48.5 Å². The van der Waals surface area contributed by atoms with Crippen molar-refractivity contribution in [1.82, 2.24) is 14.8 Å². The second-order valence-corrected chi connectivity index (χ2v) is 6.20. The molecule has 1 aromatic heterocycles. The molecular formula is C14H19ClN4OS. The Hall–Kier alpha value is -1.24. The number of halogens is 1. The number of nitrogens with two attached hydrogens (primary N) is 1. The first-order chi connectivity index (χ1) is 10.1. The summed E-state index contributed by atoms with van der Waals surface area (Å²) in [6.45, 7) is 4.51. The first-order valence-electron chi connectivity index (χ1n) is 6.90. The predicted octanol–water partition coefficient (Wildman–Crippen LogP) is 2.82. The largest absolute Gasteiger partial charge is 0.343 e. The van der Waals surface area contributed by atoms with Gasteiger partial charge in [-0.3, -0.25) is 4.57 Å². The van der Waals surface area contributed by atoms with Gasteiger partial charge < -0.3 is 5.73 Å². The molecule has 1 heterocycles. The van der Waals surface area contributed by atoms with E-state index >= 15 is 0 Å². The van der Waals surface area contributed by atoms with Crippen molar-refractivity contribution in [3.8, 4) is 0 Å². The molecule has 3 N–H and O–H groups in total. The molecule has 1 aromatic carbocycles. The van der Waals surface area contributed by atoms with Crippen molar-refractivity contribution in [3.05, 3.63) is 45.3 Å². The van der Waals surface area contributed by atoms with Crippen molar-refractivity contribution < 1.29 is 0 Å². The fraction of sp³-hybridized carbons (Fsp3) is 0.429. The fourth-order valence-electron chi connectivity index (χ4n) is 2.09. The topological polar surface area (TPSA) is 76.7 Å². The highest BCUT2D eigenvalue weighted by molar-refractivity contribution is 7.99. The summed E-state index contributed by atoms with van der Waals surface area (Å²) in [5.41, 5.74) is 7.02. The third-order valence-electron chi connectivity index (χ3n) is 3.34. The van der Waals surface area contributed by atoms with Crippen LogP contribution in [-0.4, -0.2) is 20.8 Å². The van der Waals surface area contributed by atoms with Gasteiger partial charge in [-0.15, -0.1) is 5.10 Å². The van der Waals surface area contributed by atoms with Crippen LogP contribution in [0.25, 0.3) is 0 Å². The molecule has 0 spiro atoms. The zero-order valence-corrected chi connectivity index (χ0v) is 13.6. The maximum atomic E-state index is 11.7. The summed E-state index contributed by atoms with van der Waals surface area (Å²) in [5.74, 6) is 0. The maximum absolute atomic E-state index is 11.7. The maximum Gasteiger partial charge on any atom is 0.343 e. The Balaban J connectivity index is 2.38. The Bertz CT molecular complexity index is 654. The van der Waals surface area contributed by atoms with Crippen LogP contribution in [0.1, 0.15) is 31.1 Å². The van der Waals surface area contributed by atoms with Gasteiger partial charge in [0.15, 0.2) is 5.16 Å². The molecule has 5 nitrogen and oxygen atoms in total. The van der Waals surface area contributed by atoms with Crippen molar-refractivity contribution in [2.45, 2.75) is 43.3 Å². The number of thioether (sulfide) groups is 1. The highest BCUT2D eigenvalue weighted by Crippen LogP contribution is 2.39. The molecule has 0 fully saturated rings. The van der Waals surface area contributed by atoms with E-state index in [4.69, 9.17) is 17.3 Å². The van der Waals surface area contributed by atoms with Crippen molar-refractivity contribution >= 4 is 23.4 Å². The van der Waals surface area contributed by atoms with Crippen LogP contribution in [0.5, 0.6) is 0 Å². The zero-order valence-electron chi connectivity index (χ0n) is 12.0. The van der Waals surface area contributed by atoms with E-state index < -0.39 is 0 Å². The van der Waals surface area contributed by atoms with Gasteiger partial charge in [0.1, 0.15) is 0 Å². The summed E-state index contributed by atoms with van der Waals surface area (Å²) in [7, 11) is 0. The van der Waals surface area contributed by atoms with Crippen molar-refractivity contribution in [2.75, 3.05) is 0 Å². The van der Waals surface area contributed by atoms with Crippen LogP contribution in [0.2, 0.25) is 5.02 Å². The quantitative estimate of drug-likeness (QED) is 0.800. The number of aromatic amines is 1. The number of aromatic nitrogens is 3. The van der Waals surface area contributed by atoms with Gasteiger partial charge in [0.2, 0.25) is 0 Å². The summed E-state index contributed by atoms with van der Waals surface area (Å²) in [6, 6.07) is 7.57. The molecule has 0 saturated heterocycles. The van der Waals surface area contributed by atoms with E-state index in [2.05, 4.69) is 10.2 Å². The molecule has 0 bridgehead atoms. The second-order valence-electron chi connectivity index (χ2n) is 4.69. The fourth-order valence-corrected chi connectivity index (χ4v) is 3.77. The normalized spacial score (nSPS) is 14.1. The lowest BCUT2D eigenvalue weighted by atomic mass is 10.0. The first-order valence-corrected chi connectivity index (χ1v) is 8.16. The average Bonchev–Trinajstić information content (AvgIpc) is 2.85. The molecule has 0 saturated carbocycles. The number of nitrogens with zero attached hydrogens (tertiary/aromatic N) is 2. The number of hydrogen-bond donors (Lipinski definition) is 2. The summed E-state index contributed by atoms with van der Waals surface area (Å²) in [4.78, 5) is 11.7. The molecule has 114 valence electrons. The number of H-pyrrole nitrogens is 1. The van der Waals surface area contributed by atoms with Crippen molar-refractivity contribution in [1.29, 1.82) is 0 Å². The van der Waals surface area contributed by atoms with Crippen LogP contribution in [0.15, 0.2) is 34.2 Å². The van der Waals surface area contributed by atoms with E-state index in [0.29, 0.717) is 16.7 Å². The summed E-state index contributed by atoms with van der Waals surface area (Å²) >= 11 is 7.77. The van der Waals surface area contributed by atoms with E-state index in [1.165, 1.54) is 11.8 Å². The minimum atomic E-state index is -0.206. The molecule has 2 atom stereocenters. The molecule has 2 unspecified atom stereocenters. The van der Waals surface area contributed by atoms with E-state index in [1.807, 2.05) is 38.1 Å². The SMILES string of the molecule is CCC(N)C(Sc1n[nH]c(=O)n1CC)c1ccccc1Cl. The predicted molar refractivity (Wildman–Crippen MR) is 86.8 cm³/mol. The summed E-state index contributed by atoms with van der Waals surface area (Å²) in [5, 5.41) is 7.83. The Kier molecular flexibility index (Phi) is 5.50. The van der Waals surface area contributed by atoms with Gasteiger partial charge in [-0.05, 0) is 25.0 Å². The molecule has 0 aliphatic rings. The van der Waals surface area contributed by atoms with Gasteiger partial charge in [0, 0.05) is 17.6 Å². The van der Waals surface area contributed by atoms with Crippen LogP contribution in [0, 0.1) is 0 Å². The van der Waals surface area contributed by atoms with Gasteiger partial charge in [-0.2, -0.15) is 0 Å². The summed E-state index contributed by atoms with van der Waals surface area (Å²) < 4.78 is 1.59. The number of nitrogens with one attached hydrogen (secondary N) is 1. The molecule has 2 rings (SSSR count). The molecule has 2 aromatic rings. The minimum absolute atomic E-state index is 0.0517. The van der Waals surface area contributed by atoms with E-state index in [1.54, 1.807) is 4.57 Å². The van der Waals surface area contributed by atoms with E-state index in [-0.39, 0.29) is 17.0 Å². The third kappa shape index (κ3) is 3.51. The minimum Gasteiger partial charge on any atom is -0.326 e. The lowest BCUT2D eigenvalue weighted by molar-refractivity contribution is 0.622. The zero-order chi connectivity index (χ0) is 15.4. The average molecular weight is 327 g/mol. The van der Waals surface area contributed by atoms with Gasteiger partial charge in [0.05, 0.1) is 5.25 Å². The van der Waals surface area contributed by atoms with E-state index in [9.17, 15) is 4.79 Å². The smallest absolute Gasteiger partial charge is 0.326 e. The number of hydrogen-bond acceptors (Lipinski definition) is 4. The second kappa shape index (κ2) is 7.15. The van der Waals surface area contributed by atoms with Crippen molar-refractivity contribution in [2.24, 2.45) is 5.73 Å². The first kappa shape index (κ1) is 16.1. The molecule has 7 heteroatoms. The van der Waals surface area contributed by atoms with Crippen LogP contribution in [-0.2, 0) is 6.54 Å². The lowest BCUT2D eigenvalue weighted by Crippen LogP contribution is -2.26. The Labute approximate surface area is 132 Å². The molecule has 21 heavy (non-hydrogen) atoms. The van der Waals surface area contributed by atoms with Gasteiger partial charge in [0.25, 0.3) is 0 Å².